The molecule has 0 radical (unpaired) electrons. The summed E-state index contributed by atoms with van der Waals surface area (Å²) in [7, 11) is 0. The molecule has 5 heteroatoms. The molecule has 0 saturated heterocycles. The molecule has 3 N–H and O–H groups in total. The van der Waals surface area contributed by atoms with Gasteiger partial charge in [0.25, 0.3) is 0 Å². The highest BCUT2D eigenvalue weighted by Gasteiger charge is 2.01. The summed E-state index contributed by atoms with van der Waals surface area (Å²) < 4.78 is 5.39. The Morgan fingerprint density at radius 2 is 2.00 bits per heavy atom. The topological polar surface area (TPSA) is 60.2 Å². The molecule has 2 aromatic rings. The maximum Gasteiger partial charge on any atom is 0.122 e. The normalized spacial score (nSPS) is 9.95. The van der Waals surface area contributed by atoms with Gasteiger partial charge in [0.05, 0.1) is 12.3 Å². The molecule has 4 nitrogen and oxygen atoms in total. The van der Waals surface area contributed by atoms with Gasteiger partial charge in [-0.1, -0.05) is 12.2 Å². The zero-order chi connectivity index (χ0) is 13.7. The number of nitrogens with one attached hydrogen (secondary N) is 1. The van der Waals surface area contributed by atoms with E-state index in [-0.39, 0.29) is 4.99 Å². The molecule has 0 saturated carbocycles. The van der Waals surface area contributed by atoms with E-state index >= 15 is 0 Å². The van der Waals surface area contributed by atoms with Gasteiger partial charge in [-0.25, -0.2) is 0 Å². The Morgan fingerprint density at radius 1 is 1.26 bits per heavy atom. The van der Waals surface area contributed by atoms with E-state index < -0.39 is 0 Å². The van der Waals surface area contributed by atoms with Gasteiger partial charge in [0.1, 0.15) is 10.7 Å². The fourth-order valence-electron chi connectivity index (χ4n) is 1.61. The zero-order valence-corrected chi connectivity index (χ0v) is 11.4. The number of pyridine rings is 1. The lowest BCUT2D eigenvalue weighted by Crippen LogP contribution is -2.11. The highest BCUT2D eigenvalue weighted by Crippen LogP contribution is 2.20. The summed E-state index contributed by atoms with van der Waals surface area (Å²) in [5.74, 6) is 0.853. The minimum atomic E-state index is 0.287. The molecule has 1 aromatic carbocycles. The third kappa shape index (κ3) is 3.66. The number of rotatable bonds is 5. The van der Waals surface area contributed by atoms with Crippen molar-refractivity contribution >= 4 is 28.6 Å². The smallest absolute Gasteiger partial charge is 0.122 e. The van der Waals surface area contributed by atoms with E-state index in [9.17, 15) is 0 Å². The molecule has 1 aromatic heterocycles. The van der Waals surface area contributed by atoms with Crippen LogP contribution in [0.25, 0.3) is 0 Å². The van der Waals surface area contributed by atoms with Crippen molar-refractivity contribution in [3.8, 4) is 5.75 Å². The van der Waals surface area contributed by atoms with Crippen molar-refractivity contribution in [2.75, 3.05) is 11.9 Å². The molecule has 0 atom stereocenters. The van der Waals surface area contributed by atoms with Crippen LogP contribution in [0, 0.1) is 0 Å². The highest BCUT2D eigenvalue weighted by molar-refractivity contribution is 7.80. The van der Waals surface area contributed by atoms with Crippen LogP contribution >= 0.6 is 12.2 Å². The fraction of sp³-hybridized carbons (Fsp3) is 0.143. The molecular weight excluding hydrogens is 258 g/mol. The van der Waals surface area contributed by atoms with Gasteiger partial charge in [0.15, 0.2) is 0 Å². The average molecular weight is 273 g/mol. The third-order valence-electron chi connectivity index (χ3n) is 2.47. The molecule has 0 aliphatic heterocycles. The number of nitrogens with zero attached hydrogens (tertiary/aromatic N) is 1. The van der Waals surface area contributed by atoms with Gasteiger partial charge in [0, 0.05) is 17.6 Å². The van der Waals surface area contributed by atoms with Crippen LogP contribution in [0.2, 0.25) is 0 Å². The summed E-state index contributed by atoms with van der Waals surface area (Å²) in [4.78, 5) is 4.38. The van der Waals surface area contributed by atoms with Crippen molar-refractivity contribution in [1.29, 1.82) is 0 Å². The lowest BCUT2D eigenvalue weighted by Gasteiger charge is -2.08. The molecule has 0 spiro atoms. The summed E-state index contributed by atoms with van der Waals surface area (Å²) in [5, 5.41) is 3.26. The van der Waals surface area contributed by atoms with Gasteiger partial charge >= 0.3 is 0 Å². The molecule has 0 bridgehead atoms. The molecule has 0 unspecified atom stereocenters. The quantitative estimate of drug-likeness (QED) is 0.820. The minimum absolute atomic E-state index is 0.287. The molecular formula is C14H15N3OS. The maximum absolute atomic E-state index is 5.55. The first-order chi connectivity index (χ1) is 9.19. The van der Waals surface area contributed by atoms with Crippen LogP contribution in [0.15, 0.2) is 42.6 Å². The predicted molar refractivity (Wildman–Crippen MR) is 81.0 cm³/mol. The van der Waals surface area contributed by atoms with Crippen molar-refractivity contribution < 1.29 is 4.74 Å². The molecule has 0 amide bonds. The number of hydrogen-bond acceptors (Lipinski definition) is 4. The number of thiocarbonyl (C=S) groups is 1. The molecule has 0 aliphatic rings. The van der Waals surface area contributed by atoms with E-state index in [0.29, 0.717) is 12.3 Å². The van der Waals surface area contributed by atoms with E-state index in [2.05, 4.69) is 10.3 Å². The number of anilines is 2. The summed E-state index contributed by atoms with van der Waals surface area (Å²) in [6, 6.07) is 11.4. The average Bonchev–Trinajstić information content (AvgIpc) is 2.42. The molecule has 0 fully saturated rings. The lowest BCUT2D eigenvalue weighted by molar-refractivity contribution is 0.340. The van der Waals surface area contributed by atoms with Crippen molar-refractivity contribution in [2.24, 2.45) is 5.73 Å². The monoisotopic (exact) mass is 273 g/mol. The SMILES string of the molecule is CCOc1ccc(Nc2ccnc(C(N)=S)c2)cc1. The largest absolute Gasteiger partial charge is 0.494 e. The fourth-order valence-corrected chi connectivity index (χ4v) is 1.72. The summed E-state index contributed by atoms with van der Waals surface area (Å²) in [6.07, 6.45) is 1.67. The van der Waals surface area contributed by atoms with Gasteiger partial charge in [0.2, 0.25) is 0 Å². The predicted octanol–water partition coefficient (Wildman–Crippen LogP) is 2.86. The highest BCUT2D eigenvalue weighted by atomic mass is 32.1. The number of benzene rings is 1. The Morgan fingerprint density at radius 3 is 2.63 bits per heavy atom. The van der Waals surface area contributed by atoms with Crippen LogP contribution < -0.4 is 15.8 Å². The first kappa shape index (κ1) is 13.3. The first-order valence-electron chi connectivity index (χ1n) is 5.95. The summed E-state index contributed by atoms with van der Waals surface area (Å²) >= 11 is 4.90. The van der Waals surface area contributed by atoms with Crippen molar-refractivity contribution in [3.63, 3.8) is 0 Å². The Hall–Kier alpha value is -2.14. The van der Waals surface area contributed by atoms with Gasteiger partial charge in [-0.3, -0.25) is 4.98 Å². The van der Waals surface area contributed by atoms with E-state index in [0.717, 1.165) is 17.1 Å². The number of aromatic nitrogens is 1. The third-order valence-corrected chi connectivity index (χ3v) is 2.68. The molecule has 2 rings (SSSR count). The minimum Gasteiger partial charge on any atom is -0.494 e. The van der Waals surface area contributed by atoms with Crippen LogP contribution in [-0.4, -0.2) is 16.6 Å². The second kappa shape index (κ2) is 6.15. The van der Waals surface area contributed by atoms with Gasteiger partial charge in [-0.05, 0) is 43.3 Å². The van der Waals surface area contributed by atoms with E-state index in [1.807, 2.05) is 43.3 Å². The van der Waals surface area contributed by atoms with Crippen LogP contribution in [0.3, 0.4) is 0 Å². The standard InChI is InChI=1S/C14H15N3OS/c1-2-18-12-5-3-10(4-6-12)17-11-7-8-16-13(9-11)14(15)19/h3-9H,2H2,1H3,(H2,15,19)(H,16,17). The number of ether oxygens (including phenoxy) is 1. The number of nitrogens with two attached hydrogens (primary N) is 1. The van der Waals surface area contributed by atoms with Crippen molar-refractivity contribution in [2.45, 2.75) is 6.92 Å². The summed E-state index contributed by atoms with van der Waals surface area (Å²) in [6.45, 7) is 2.62. The van der Waals surface area contributed by atoms with Crippen molar-refractivity contribution in [1.82, 2.24) is 4.98 Å². The van der Waals surface area contributed by atoms with Crippen LogP contribution in [-0.2, 0) is 0 Å². The Bertz CT molecular complexity index is 569. The molecule has 19 heavy (non-hydrogen) atoms. The second-order valence-corrected chi connectivity index (χ2v) is 4.32. The van der Waals surface area contributed by atoms with Crippen LogP contribution in [0.1, 0.15) is 12.6 Å². The lowest BCUT2D eigenvalue weighted by atomic mass is 10.2. The van der Waals surface area contributed by atoms with Crippen molar-refractivity contribution in [3.05, 3.63) is 48.3 Å². The van der Waals surface area contributed by atoms with E-state index in [1.54, 1.807) is 6.20 Å². The van der Waals surface area contributed by atoms with Crippen LogP contribution in [0.4, 0.5) is 11.4 Å². The van der Waals surface area contributed by atoms with Gasteiger partial charge in [-0.2, -0.15) is 0 Å². The summed E-state index contributed by atoms with van der Waals surface area (Å²) in [5.41, 5.74) is 8.01. The second-order valence-electron chi connectivity index (χ2n) is 3.88. The molecule has 98 valence electrons. The first-order valence-corrected chi connectivity index (χ1v) is 6.35. The van der Waals surface area contributed by atoms with E-state index in [1.165, 1.54) is 0 Å². The zero-order valence-electron chi connectivity index (χ0n) is 10.6. The van der Waals surface area contributed by atoms with Gasteiger partial charge in [-0.15, -0.1) is 0 Å². The van der Waals surface area contributed by atoms with Gasteiger partial charge < -0.3 is 15.8 Å². The molecule has 0 aliphatic carbocycles. The molecule has 1 heterocycles. The Labute approximate surface area is 117 Å². The van der Waals surface area contributed by atoms with E-state index in [4.69, 9.17) is 22.7 Å². The number of hydrogen-bond donors (Lipinski definition) is 2. The maximum atomic E-state index is 5.55. The Balaban J connectivity index is 2.12. The Kier molecular flexibility index (Phi) is 4.30. The van der Waals surface area contributed by atoms with Crippen LogP contribution in [0.5, 0.6) is 5.75 Å².